The van der Waals surface area contributed by atoms with Gasteiger partial charge in [-0.2, -0.15) is 0 Å². The SMILES string of the molecule is NC(C(=O)O)c1c(F)cc(F)c2c1CCO2. The lowest BCUT2D eigenvalue weighted by atomic mass is 9.98. The lowest BCUT2D eigenvalue weighted by Crippen LogP contribution is -2.23. The first-order valence-corrected chi connectivity index (χ1v) is 4.64. The number of halogens is 2. The van der Waals surface area contributed by atoms with E-state index < -0.39 is 23.6 Å². The van der Waals surface area contributed by atoms with Gasteiger partial charge in [-0.1, -0.05) is 0 Å². The van der Waals surface area contributed by atoms with E-state index in [1.54, 1.807) is 0 Å². The van der Waals surface area contributed by atoms with Gasteiger partial charge >= 0.3 is 5.97 Å². The van der Waals surface area contributed by atoms with Crippen molar-refractivity contribution in [3.63, 3.8) is 0 Å². The third-order valence-electron chi connectivity index (χ3n) is 2.50. The summed E-state index contributed by atoms with van der Waals surface area (Å²) in [5.74, 6) is -3.23. The summed E-state index contributed by atoms with van der Waals surface area (Å²) < 4.78 is 31.7. The molecule has 2 rings (SSSR count). The van der Waals surface area contributed by atoms with Crippen LogP contribution in [0.1, 0.15) is 17.2 Å². The number of hydrogen-bond acceptors (Lipinski definition) is 3. The van der Waals surface area contributed by atoms with E-state index in [9.17, 15) is 13.6 Å². The molecule has 1 aromatic rings. The number of carbonyl (C=O) groups is 1. The second-order valence-corrected chi connectivity index (χ2v) is 3.48. The fourth-order valence-corrected chi connectivity index (χ4v) is 1.78. The van der Waals surface area contributed by atoms with E-state index in [0.29, 0.717) is 6.07 Å². The van der Waals surface area contributed by atoms with Gasteiger partial charge in [-0.3, -0.25) is 4.79 Å². The fourth-order valence-electron chi connectivity index (χ4n) is 1.78. The van der Waals surface area contributed by atoms with Gasteiger partial charge in [-0.25, -0.2) is 8.78 Å². The van der Waals surface area contributed by atoms with Gasteiger partial charge in [0, 0.05) is 23.6 Å². The van der Waals surface area contributed by atoms with E-state index in [-0.39, 0.29) is 29.9 Å². The van der Waals surface area contributed by atoms with Crippen LogP contribution in [0.3, 0.4) is 0 Å². The van der Waals surface area contributed by atoms with Crippen molar-refractivity contribution in [2.45, 2.75) is 12.5 Å². The number of carboxylic acid groups (broad SMARTS) is 1. The summed E-state index contributed by atoms with van der Waals surface area (Å²) >= 11 is 0. The molecular formula is C10H9F2NO3. The number of hydrogen-bond donors (Lipinski definition) is 2. The standard InChI is InChI=1S/C10H9F2NO3/c11-5-3-6(12)9-4(1-2-16-9)7(5)8(13)10(14)15/h3,8H,1-2,13H2,(H,14,15). The number of fused-ring (bicyclic) bond motifs is 1. The highest BCUT2D eigenvalue weighted by Gasteiger charge is 2.29. The summed E-state index contributed by atoms with van der Waals surface area (Å²) in [7, 11) is 0. The molecule has 86 valence electrons. The number of carboxylic acids is 1. The summed E-state index contributed by atoms with van der Waals surface area (Å²) in [6.45, 7) is 0.203. The van der Waals surface area contributed by atoms with Crippen LogP contribution in [0.25, 0.3) is 0 Å². The molecular weight excluding hydrogens is 220 g/mol. The minimum atomic E-state index is -1.50. The van der Waals surface area contributed by atoms with Crippen LogP contribution in [-0.2, 0) is 11.2 Å². The number of benzene rings is 1. The zero-order chi connectivity index (χ0) is 11.9. The van der Waals surface area contributed by atoms with Crippen LogP contribution in [0.2, 0.25) is 0 Å². The number of rotatable bonds is 2. The summed E-state index contributed by atoms with van der Waals surface area (Å²) in [6, 6.07) is -0.904. The first-order chi connectivity index (χ1) is 7.52. The van der Waals surface area contributed by atoms with Gasteiger partial charge < -0.3 is 15.6 Å². The molecule has 1 unspecified atom stereocenters. The number of ether oxygens (including phenoxy) is 1. The van der Waals surface area contributed by atoms with Crippen LogP contribution in [0.5, 0.6) is 5.75 Å². The third-order valence-corrected chi connectivity index (χ3v) is 2.50. The van der Waals surface area contributed by atoms with E-state index in [1.807, 2.05) is 0 Å². The maximum Gasteiger partial charge on any atom is 0.325 e. The minimum absolute atomic E-state index is 0.0897. The van der Waals surface area contributed by atoms with Crippen molar-refractivity contribution >= 4 is 5.97 Å². The molecule has 1 aliphatic rings. The van der Waals surface area contributed by atoms with Crippen molar-refractivity contribution in [1.82, 2.24) is 0 Å². The van der Waals surface area contributed by atoms with E-state index in [4.69, 9.17) is 15.6 Å². The lowest BCUT2D eigenvalue weighted by Gasteiger charge is -2.12. The molecule has 0 aliphatic carbocycles. The predicted octanol–water partition coefficient (Wildman–Crippen LogP) is 0.984. The van der Waals surface area contributed by atoms with Crippen LogP contribution in [-0.4, -0.2) is 17.7 Å². The molecule has 4 nitrogen and oxygen atoms in total. The molecule has 3 N–H and O–H groups in total. The molecule has 0 saturated carbocycles. The molecule has 0 bridgehead atoms. The Balaban J connectivity index is 2.61. The molecule has 6 heteroatoms. The Morgan fingerprint density at radius 2 is 2.19 bits per heavy atom. The van der Waals surface area contributed by atoms with Gasteiger partial charge in [0.2, 0.25) is 0 Å². The van der Waals surface area contributed by atoms with Crippen molar-refractivity contribution in [1.29, 1.82) is 0 Å². The fraction of sp³-hybridized carbons (Fsp3) is 0.300. The molecule has 16 heavy (non-hydrogen) atoms. The van der Waals surface area contributed by atoms with Crippen LogP contribution >= 0.6 is 0 Å². The Morgan fingerprint density at radius 3 is 2.81 bits per heavy atom. The quantitative estimate of drug-likeness (QED) is 0.793. The first-order valence-electron chi connectivity index (χ1n) is 4.64. The van der Waals surface area contributed by atoms with Gasteiger partial charge in [-0.15, -0.1) is 0 Å². The summed E-state index contributed by atoms with van der Waals surface area (Å²) in [5.41, 5.74) is 5.37. The van der Waals surface area contributed by atoms with Crippen LogP contribution in [0.15, 0.2) is 6.07 Å². The van der Waals surface area contributed by atoms with Gasteiger partial charge in [0.05, 0.1) is 6.61 Å². The van der Waals surface area contributed by atoms with Gasteiger partial charge in [-0.05, 0) is 0 Å². The zero-order valence-electron chi connectivity index (χ0n) is 8.17. The number of aliphatic carboxylic acids is 1. The highest BCUT2D eigenvalue weighted by molar-refractivity contribution is 5.76. The van der Waals surface area contributed by atoms with Crippen molar-refractivity contribution in [3.05, 3.63) is 28.8 Å². The van der Waals surface area contributed by atoms with E-state index in [0.717, 1.165) is 0 Å². The highest BCUT2D eigenvalue weighted by Crippen LogP contribution is 2.35. The maximum atomic E-state index is 13.5. The maximum absolute atomic E-state index is 13.5. The van der Waals surface area contributed by atoms with Crippen LogP contribution in [0.4, 0.5) is 8.78 Å². The molecule has 0 aromatic heterocycles. The smallest absolute Gasteiger partial charge is 0.325 e. The largest absolute Gasteiger partial charge is 0.490 e. The van der Waals surface area contributed by atoms with Crippen LogP contribution in [0, 0.1) is 11.6 Å². The Bertz CT molecular complexity index is 462. The second-order valence-electron chi connectivity index (χ2n) is 3.48. The topological polar surface area (TPSA) is 72.6 Å². The Morgan fingerprint density at radius 1 is 1.50 bits per heavy atom. The third kappa shape index (κ3) is 1.51. The molecule has 0 saturated heterocycles. The van der Waals surface area contributed by atoms with Gasteiger partial charge in [0.15, 0.2) is 11.6 Å². The second kappa shape index (κ2) is 3.71. The van der Waals surface area contributed by atoms with Crippen molar-refractivity contribution in [3.8, 4) is 5.75 Å². The minimum Gasteiger partial charge on any atom is -0.490 e. The van der Waals surface area contributed by atoms with E-state index >= 15 is 0 Å². The van der Waals surface area contributed by atoms with Gasteiger partial charge in [0.25, 0.3) is 0 Å². The normalized spacial score (nSPS) is 15.4. The van der Waals surface area contributed by atoms with E-state index in [1.165, 1.54) is 0 Å². The number of nitrogens with two attached hydrogens (primary N) is 1. The van der Waals surface area contributed by atoms with Gasteiger partial charge in [0.1, 0.15) is 11.9 Å². The summed E-state index contributed by atoms with van der Waals surface area (Å²) in [6.07, 6.45) is 0.264. The lowest BCUT2D eigenvalue weighted by molar-refractivity contribution is -0.138. The molecule has 0 amide bonds. The summed E-state index contributed by atoms with van der Waals surface area (Å²) in [5, 5.41) is 8.73. The first kappa shape index (κ1) is 10.8. The molecule has 1 atom stereocenters. The average Bonchev–Trinajstić information content (AvgIpc) is 2.66. The molecule has 1 aliphatic heterocycles. The average molecular weight is 229 g/mol. The summed E-state index contributed by atoms with van der Waals surface area (Å²) in [4.78, 5) is 10.7. The van der Waals surface area contributed by atoms with Crippen molar-refractivity contribution in [2.75, 3.05) is 6.61 Å². The highest BCUT2D eigenvalue weighted by atomic mass is 19.1. The van der Waals surface area contributed by atoms with Crippen molar-refractivity contribution in [2.24, 2.45) is 5.73 Å². The van der Waals surface area contributed by atoms with Crippen LogP contribution < -0.4 is 10.5 Å². The molecule has 1 aromatic carbocycles. The zero-order valence-corrected chi connectivity index (χ0v) is 8.17. The molecule has 1 heterocycles. The monoisotopic (exact) mass is 229 g/mol. The predicted molar refractivity (Wildman–Crippen MR) is 50.1 cm³/mol. The Hall–Kier alpha value is -1.69. The molecule has 0 spiro atoms. The Labute approximate surface area is 89.6 Å². The van der Waals surface area contributed by atoms with E-state index in [2.05, 4.69) is 0 Å². The Kier molecular flexibility index (Phi) is 2.51. The molecule has 0 radical (unpaired) electrons. The van der Waals surface area contributed by atoms with Crippen molar-refractivity contribution < 1.29 is 23.4 Å². The molecule has 0 fully saturated rings.